The number of anilines is 1. The van der Waals surface area contributed by atoms with E-state index in [0.29, 0.717) is 18.0 Å². The molecule has 0 saturated carbocycles. The first-order chi connectivity index (χ1) is 17.5. The van der Waals surface area contributed by atoms with Crippen LogP contribution < -0.4 is 10.2 Å². The summed E-state index contributed by atoms with van der Waals surface area (Å²) < 4.78 is 0. The van der Waals surface area contributed by atoms with Crippen molar-refractivity contribution < 1.29 is 4.79 Å². The lowest BCUT2D eigenvalue weighted by Gasteiger charge is -2.20. The van der Waals surface area contributed by atoms with Gasteiger partial charge in [0.25, 0.3) is 5.91 Å². The molecule has 184 valence electrons. The molecule has 0 bridgehead atoms. The Morgan fingerprint density at radius 1 is 0.917 bits per heavy atom. The van der Waals surface area contributed by atoms with Crippen molar-refractivity contribution in [1.29, 1.82) is 0 Å². The summed E-state index contributed by atoms with van der Waals surface area (Å²) in [6.07, 6.45) is 3.44. The van der Waals surface area contributed by atoms with Crippen molar-refractivity contribution in [2.45, 2.75) is 43.8 Å². The average Bonchev–Trinajstić information content (AvgIpc) is 2.91. The average molecular weight is 498 g/mol. The molecule has 2 aromatic carbocycles. The third-order valence-electron chi connectivity index (χ3n) is 5.74. The zero-order valence-electron chi connectivity index (χ0n) is 20.9. The van der Waals surface area contributed by atoms with Crippen molar-refractivity contribution >= 4 is 23.5 Å². The number of benzene rings is 2. The second-order valence-corrected chi connectivity index (χ2v) is 9.90. The summed E-state index contributed by atoms with van der Waals surface area (Å²) >= 11 is 1.61. The number of nitrogens with one attached hydrogen (secondary N) is 1. The van der Waals surface area contributed by atoms with Crippen LogP contribution in [0, 0.1) is 0 Å². The maximum absolute atomic E-state index is 12.5. The molecule has 0 radical (unpaired) electrons. The molecule has 2 heterocycles. The fourth-order valence-electron chi connectivity index (χ4n) is 3.61. The maximum Gasteiger partial charge on any atom is 0.251 e. The number of carbonyl (C=O) groups excluding carboxylic acids is 1. The predicted octanol–water partition coefficient (Wildman–Crippen LogP) is 5.85. The Bertz CT molecular complexity index is 1260. The Morgan fingerprint density at radius 3 is 2.33 bits per heavy atom. The highest BCUT2D eigenvalue weighted by Crippen LogP contribution is 2.26. The molecule has 1 N–H and O–H groups in total. The number of carbonyl (C=O) groups is 1. The SMILES string of the molecule is CC(C)c1cc(N(C)Cc2ccccc2)nc(SCc2ccc(C(=O)NCc3ccncc3)cc2)n1. The molecule has 7 heteroatoms. The van der Waals surface area contributed by atoms with E-state index in [1.54, 1.807) is 24.2 Å². The third kappa shape index (κ3) is 7.15. The molecule has 2 aromatic heterocycles. The highest BCUT2D eigenvalue weighted by molar-refractivity contribution is 7.98. The first kappa shape index (κ1) is 25.4. The number of amides is 1. The summed E-state index contributed by atoms with van der Waals surface area (Å²) in [5, 5.41) is 3.71. The van der Waals surface area contributed by atoms with Crippen LogP contribution in [0.25, 0.3) is 0 Å². The first-order valence-electron chi connectivity index (χ1n) is 12.0. The van der Waals surface area contributed by atoms with Crippen molar-refractivity contribution in [3.63, 3.8) is 0 Å². The number of rotatable bonds is 10. The fourth-order valence-corrected chi connectivity index (χ4v) is 4.43. The van der Waals surface area contributed by atoms with Gasteiger partial charge in [-0.3, -0.25) is 9.78 Å². The van der Waals surface area contributed by atoms with Crippen molar-refractivity contribution in [3.8, 4) is 0 Å². The van der Waals surface area contributed by atoms with Gasteiger partial charge in [0.15, 0.2) is 5.16 Å². The molecule has 0 unspecified atom stereocenters. The smallest absolute Gasteiger partial charge is 0.251 e. The van der Waals surface area contributed by atoms with Gasteiger partial charge in [-0.1, -0.05) is 68.1 Å². The minimum absolute atomic E-state index is 0.0925. The Morgan fingerprint density at radius 2 is 1.64 bits per heavy atom. The Balaban J connectivity index is 1.38. The van der Waals surface area contributed by atoms with Crippen molar-refractivity contribution in [2.24, 2.45) is 0 Å². The van der Waals surface area contributed by atoms with Crippen LogP contribution in [0.3, 0.4) is 0 Å². The topological polar surface area (TPSA) is 71.0 Å². The van der Waals surface area contributed by atoms with Gasteiger partial charge in [-0.2, -0.15) is 0 Å². The van der Waals surface area contributed by atoms with Crippen LogP contribution in [-0.2, 0) is 18.8 Å². The molecule has 6 nitrogen and oxygen atoms in total. The van der Waals surface area contributed by atoms with Crippen LogP contribution in [0.2, 0.25) is 0 Å². The molecule has 1 amide bonds. The predicted molar refractivity (Wildman–Crippen MR) is 146 cm³/mol. The first-order valence-corrected chi connectivity index (χ1v) is 13.0. The summed E-state index contributed by atoms with van der Waals surface area (Å²) in [6, 6.07) is 24.0. The molecule has 0 aliphatic rings. The third-order valence-corrected chi connectivity index (χ3v) is 6.66. The summed E-state index contributed by atoms with van der Waals surface area (Å²) in [5.74, 6) is 1.86. The van der Waals surface area contributed by atoms with Gasteiger partial charge < -0.3 is 10.2 Å². The quantitative estimate of drug-likeness (QED) is 0.219. The van der Waals surface area contributed by atoms with Crippen molar-refractivity contribution in [1.82, 2.24) is 20.3 Å². The van der Waals surface area contributed by atoms with E-state index in [4.69, 9.17) is 9.97 Å². The normalized spacial score (nSPS) is 10.9. The highest BCUT2D eigenvalue weighted by Gasteiger charge is 2.13. The van der Waals surface area contributed by atoms with Gasteiger partial charge in [-0.15, -0.1) is 0 Å². The van der Waals surface area contributed by atoms with E-state index in [1.165, 1.54) is 5.56 Å². The second kappa shape index (κ2) is 12.3. The monoisotopic (exact) mass is 497 g/mol. The number of hydrogen-bond donors (Lipinski definition) is 1. The van der Waals surface area contributed by atoms with E-state index in [2.05, 4.69) is 66.4 Å². The van der Waals surface area contributed by atoms with Crippen molar-refractivity contribution in [3.05, 3.63) is 113 Å². The molecule has 0 atom stereocenters. The van der Waals surface area contributed by atoms with E-state index >= 15 is 0 Å². The van der Waals surface area contributed by atoms with Gasteiger partial charge in [0.2, 0.25) is 0 Å². The second-order valence-electron chi connectivity index (χ2n) is 8.95. The standard InChI is InChI=1S/C29H31N5OS/c1-21(2)26-17-27(34(3)19-23-7-5-4-6-8-23)33-29(32-26)36-20-24-9-11-25(12-10-24)28(35)31-18-22-13-15-30-16-14-22/h4-17,21H,18-20H2,1-3H3,(H,31,35). The summed E-state index contributed by atoms with van der Waals surface area (Å²) in [7, 11) is 2.06. The Kier molecular flexibility index (Phi) is 8.68. The van der Waals surface area contributed by atoms with E-state index in [9.17, 15) is 4.79 Å². The number of aromatic nitrogens is 3. The molecule has 0 aliphatic heterocycles. The lowest BCUT2D eigenvalue weighted by molar-refractivity contribution is 0.0951. The Hall–Kier alpha value is -3.71. The van der Waals surface area contributed by atoms with Crippen LogP contribution in [0.5, 0.6) is 0 Å². The minimum Gasteiger partial charge on any atom is -0.355 e. The summed E-state index contributed by atoms with van der Waals surface area (Å²) in [5.41, 5.74) is 5.04. The fraction of sp³-hybridized carbons (Fsp3) is 0.241. The van der Waals surface area contributed by atoms with Crippen LogP contribution in [0.4, 0.5) is 5.82 Å². The van der Waals surface area contributed by atoms with Crippen LogP contribution >= 0.6 is 11.8 Å². The van der Waals surface area contributed by atoms with Gasteiger partial charge in [-0.05, 0) is 46.9 Å². The van der Waals surface area contributed by atoms with Crippen LogP contribution in [-0.4, -0.2) is 27.9 Å². The number of pyridine rings is 1. The molecular weight excluding hydrogens is 466 g/mol. The molecule has 36 heavy (non-hydrogen) atoms. The highest BCUT2D eigenvalue weighted by atomic mass is 32.2. The molecular formula is C29H31N5OS. The number of nitrogens with zero attached hydrogens (tertiary/aromatic N) is 4. The van der Waals surface area contributed by atoms with E-state index in [1.807, 2.05) is 42.5 Å². The zero-order valence-corrected chi connectivity index (χ0v) is 21.7. The summed E-state index contributed by atoms with van der Waals surface area (Å²) in [6.45, 7) is 5.56. The van der Waals surface area contributed by atoms with Gasteiger partial charge in [0.05, 0.1) is 0 Å². The molecule has 0 fully saturated rings. The van der Waals surface area contributed by atoms with E-state index in [-0.39, 0.29) is 5.91 Å². The summed E-state index contributed by atoms with van der Waals surface area (Å²) in [4.78, 5) is 28.3. The molecule has 4 rings (SSSR count). The zero-order chi connectivity index (χ0) is 25.3. The van der Waals surface area contributed by atoms with Gasteiger partial charge in [0.1, 0.15) is 5.82 Å². The molecule has 4 aromatic rings. The number of thioether (sulfide) groups is 1. The molecule has 0 saturated heterocycles. The van der Waals surface area contributed by atoms with Gasteiger partial charge >= 0.3 is 0 Å². The molecule has 0 aliphatic carbocycles. The van der Waals surface area contributed by atoms with Crippen LogP contribution in [0.15, 0.2) is 90.3 Å². The van der Waals surface area contributed by atoms with Crippen molar-refractivity contribution in [2.75, 3.05) is 11.9 Å². The lowest BCUT2D eigenvalue weighted by atomic mass is 10.1. The van der Waals surface area contributed by atoms with Gasteiger partial charge in [0, 0.05) is 55.6 Å². The van der Waals surface area contributed by atoms with E-state index < -0.39 is 0 Å². The minimum atomic E-state index is -0.0925. The van der Waals surface area contributed by atoms with Crippen LogP contribution in [0.1, 0.15) is 52.5 Å². The molecule has 0 spiro atoms. The Labute approximate surface area is 217 Å². The number of hydrogen-bond acceptors (Lipinski definition) is 6. The van der Waals surface area contributed by atoms with Gasteiger partial charge in [-0.25, -0.2) is 9.97 Å². The van der Waals surface area contributed by atoms with E-state index in [0.717, 1.165) is 40.1 Å². The maximum atomic E-state index is 12.5. The largest absolute Gasteiger partial charge is 0.355 e. The lowest BCUT2D eigenvalue weighted by Crippen LogP contribution is -2.22.